The van der Waals surface area contributed by atoms with Gasteiger partial charge >= 0.3 is 6.09 Å². The van der Waals surface area contributed by atoms with Crippen molar-refractivity contribution in [1.82, 2.24) is 19.9 Å². The summed E-state index contributed by atoms with van der Waals surface area (Å²) < 4.78 is 38.9. The van der Waals surface area contributed by atoms with Gasteiger partial charge in [0.15, 0.2) is 0 Å². The number of fused-ring (bicyclic) bond motifs is 1. The summed E-state index contributed by atoms with van der Waals surface area (Å²) in [4.78, 5) is 45.6. The number of likely N-dealkylation sites (tertiary alicyclic amines) is 1. The number of aromatic nitrogens is 1. The van der Waals surface area contributed by atoms with E-state index < -0.39 is 56.3 Å². The Bertz CT molecular complexity index is 1530. The van der Waals surface area contributed by atoms with Crippen LogP contribution in [0.2, 0.25) is 0 Å². The molecule has 0 radical (unpaired) electrons. The van der Waals surface area contributed by atoms with Crippen molar-refractivity contribution in [3.63, 3.8) is 0 Å². The molecule has 1 saturated heterocycles. The average molecular weight is 599 g/mol. The van der Waals surface area contributed by atoms with E-state index in [0.29, 0.717) is 25.1 Å². The highest BCUT2D eigenvalue weighted by Crippen LogP contribution is 2.53. The third-order valence-corrected chi connectivity index (χ3v) is 9.82. The lowest BCUT2D eigenvalue weighted by Crippen LogP contribution is -2.50. The van der Waals surface area contributed by atoms with Gasteiger partial charge < -0.3 is 14.8 Å². The fourth-order valence-corrected chi connectivity index (χ4v) is 6.79. The molecule has 5 rings (SSSR count). The van der Waals surface area contributed by atoms with Crippen molar-refractivity contribution in [2.24, 2.45) is 11.3 Å². The van der Waals surface area contributed by atoms with Crippen LogP contribution in [0.3, 0.4) is 0 Å². The molecule has 4 atom stereocenters. The molecule has 1 aromatic carbocycles. The molecule has 11 nitrogen and oxygen atoms in total. The van der Waals surface area contributed by atoms with E-state index in [-0.39, 0.29) is 25.4 Å². The van der Waals surface area contributed by atoms with Crippen LogP contribution in [-0.4, -0.2) is 72.3 Å². The van der Waals surface area contributed by atoms with E-state index in [9.17, 15) is 22.8 Å². The van der Waals surface area contributed by atoms with Gasteiger partial charge in [-0.3, -0.25) is 19.2 Å². The smallest absolute Gasteiger partial charge is 0.411 e. The van der Waals surface area contributed by atoms with Gasteiger partial charge in [0, 0.05) is 24.5 Å². The minimum atomic E-state index is -3.75. The molecule has 2 aromatic rings. The van der Waals surface area contributed by atoms with Crippen molar-refractivity contribution >= 4 is 38.7 Å². The largest absolute Gasteiger partial charge is 0.472 e. The number of nitrogens with one attached hydrogen (secondary N) is 2. The molecule has 1 aliphatic heterocycles. The van der Waals surface area contributed by atoms with Gasteiger partial charge in [0.2, 0.25) is 27.7 Å². The minimum Gasteiger partial charge on any atom is -0.472 e. The fourth-order valence-electron chi connectivity index (χ4n) is 5.40. The number of hydrogen-bond acceptors (Lipinski definition) is 8. The van der Waals surface area contributed by atoms with Gasteiger partial charge in [0.1, 0.15) is 17.7 Å². The van der Waals surface area contributed by atoms with Crippen molar-refractivity contribution in [3.05, 3.63) is 48.7 Å². The van der Waals surface area contributed by atoms with Crippen LogP contribution in [0.4, 0.5) is 4.79 Å². The van der Waals surface area contributed by atoms with E-state index in [1.165, 1.54) is 4.90 Å². The van der Waals surface area contributed by atoms with Gasteiger partial charge in [0.05, 0.1) is 17.2 Å². The number of benzene rings is 1. The second-order valence-electron chi connectivity index (χ2n) is 12.6. The van der Waals surface area contributed by atoms with Crippen molar-refractivity contribution in [3.8, 4) is 5.88 Å². The van der Waals surface area contributed by atoms with Gasteiger partial charge in [-0.2, -0.15) is 0 Å². The van der Waals surface area contributed by atoms with E-state index in [2.05, 4.69) is 21.6 Å². The quantitative estimate of drug-likeness (QED) is 0.419. The zero-order valence-corrected chi connectivity index (χ0v) is 25.2. The monoisotopic (exact) mass is 598 g/mol. The summed E-state index contributed by atoms with van der Waals surface area (Å²) in [5, 5.41) is 4.04. The molecule has 2 N–H and O–H groups in total. The number of ether oxygens (including phenoxy) is 2. The predicted octanol–water partition coefficient (Wildman–Crippen LogP) is 3.22. The second-order valence-corrected chi connectivity index (χ2v) is 14.5. The molecule has 2 aliphatic carbocycles. The number of aryl methyl sites for hydroxylation is 1. The molecule has 12 heteroatoms. The molecule has 2 heterocycles. The average Bonchev–Trinajstić information content (AvgIpc) is 3.83. The zero-order valence-electron chi connectivity index (χ0n) is 24.4. The molecule has 3 amide bonds. The van der Waals surface area contributed by atoms with Crippen molar-refractivity contribution in [2.45, 2.75) is 76.4 Å². The number of rotatable bonds is 9. The van der Waals surface area contributed by atoms with E-state index >= 15 is 0 Å². The van der Waals surface area contributed by atoms with Crippen LogP contribution < -0.4 is 14.8 Å². The lowest BCUT2D eigenvalue weighted by molar-refractivity contribution is -0.127. The number of amides is 3. The molecule has 226 valence electrons. The van der Waals surface area contributed by atoms with Gasteiger partial charge in [-0.1, -0.05) is 23.8 Å². The Kier molecular flexibility index (Phi) is 7.71. The SMILES string of the molecule is C=C[C@@H]1C[C@]1(CNC(=O)[C@@H]1C[C@@H](Oc2nccc3ccc(C)cc23)CN1C(=O)OC(C)(C)C)C(=O)NS(=O)(=O)C1CC1. The van der Waals surface area contributed by atoms with Crippen molar-refractivity contribution in [1.29, 1.82) is 0 Å². The van der Waals surface area contributed by atoms with Crippen molar-refractivity contribution < 1.29 is 32.3 Å². The highest BCUT2D eigenvalue weighted by molar-refractivity contribution is 7.90. The summed E-state index contributed by atoms with van der Waals surface area (Å²) in [7, 11) is -3.75. The van der Waals surface area contributed by atoms with E-state index in [1.54, 1.807) is 33.0 Å². The van der Waals surface area contributed by atoms with Gasteiger partial charge in [-0.25, -0.2) is 18.2 Å². The summed E-state index contributed by atoms with van der Waals surface area (Å²) in [6.07, 6.45) is 3.63. The topological polar surface area (TPSA) is 144 Å². The Labute approximate surface area is 246 Å². The van der Waals surface area contributed by atoms with Crippen LogP contribution in [0.1, 0.15) is 52.0 Å². The predicted molar refractivity (Wildman–Crippen MR) is 156 cm³/mol. The Morgan fingerprint density at radius 1 is 1.21 bits per heavy atom. The van der Waals surface area contributed by atoms with E-state index in [4.69, 9.17) is 9.47 Å². The molecule has 0 unspecified atom stereocenters. The van der Waals surface area contributed by atoms with E-state index in [1.807, 2.05) is 31.2 Å². The summed E-state index contributed by atoms with van der Waals surface area (Å²) in [5.41, 5.74) is -0.859. The first kappa shape index (κ1) is 29.8. The normalized spacial score (nSPS) is 25.5. The van der Waals surface area contributed by atoms with Crippen LogP contribution in [0, 0.1) is 18.3 Å². The van der Waals surface area contributed by atoms with Crippen LogP contribution in [0.5, 0.6) is 5.88 Å². The molecule has 0 spiro atoms. The Morgan fingerprint density at radius 2 is 1.95 bits per heavy atom. The first-order valence-corrected chi connectivity index (χ1v) is 15.7. The number of carbonyl (C=O) groups is 3. The number of nitrogens with zero attached hydrogens (tertiary/aromatic N) is 2. The highest BCUT2D eigenvalue weighted by atomic mass is 32.2. The second kappa shape index (κ2) is 10.9. The number of carbonyl (C=O) groups excluding carboxylic acids is 3. The number of sulfonamides is 1. The summed E-state index contributed by atoms with van der Waals surface area (Å²) in [6.45, 7) is 11.0. The maximum Gasteiger partial charge on any atom is 0.411 e. The summed E-state index contributed by atoms with van der Waals surface area (Å²) >= 11 is 0. The summed E-state index contributed by atoms with van der Waals surface area (Å²) in [6, 6.07) is 6.90. The fraction of sp³-hybridized carbons (Fsp3) is 0.533. The van der Waals surface area contributed by atoms with Gasteiger partial charge in [-0.15, -0.1) is 6.58 Å². The molecular weight excluding hydrogens is 560 g/mol. The first-order chi connectivity index (χ1) is 19.7. The Hall–Kier alpha value is -3.67. The van der Waals surface area contributed by atoms with E-state index in [0.717, 1.165) is 16.3 Å². The van der Waals surface area contributed by atoms with Crippen molar-refractivity contribution in [2.75, 3.05) is 13.1 Å². The highest BCUT2D eigenvalue weighted by Gasteiger charge is 2.60. The standard InChI is InChI=1S/C30H38N4O7S/c1-6-20-15-30(20,27(36)33-42(38,39)22-9-10-22)17-32-25(35)24-14-21(16-34(24)28(37)41-29(3,4)5)40-26-23-13-18(2)7-8-19(23)11-12-31-26/h6-8,11-13,20-22,24H,1,9-10,14-17H2,2-5H3,(H,32,35)(H,33,36)/t20-,21-,24+,30-/m1/s1. The molecule has 42 heavy (non-hydrogen) atoms. The van der Waals surface area contributed by atoms with Gasteiger partial charge in [-0.05, 0) is 70.4 Å². The minimum absolute atomic E-state index is 0.0944. The third kappa shape index (κ3) is 6.23. The summed E-state index contributed by atoms with van der Waals surface area (Å²) in [5.74, 6) is -1.01. The third-order valence-electron chi connectivity index (χ3n) is 8.00. The van der Waals surface area contributed by atoms with Crippen LogP contribution in [0.15, 0.2) is 43.1 Å². The number of hydrogen-bond donors (Lipinski definition) is 2. The Balaban J connectivity index is 1.32. The Morgan fingerprint density at radius 3 is 2.60 bits per heavy atom. The molecule has 0 bridgehead atoms. The first-order valence-electron chi connectivity index (χ1n) is 14.2. The molecule has 3 aliphatic rings. The zero-order chi connectivity index (χ0) is 30.4. The number of pyridine rings is 1. The van der Waals surface area contributed by atoms with Crippen LogP contribution >= 0.6 is 0 Å². The molecular formula is C30H38N4O7S. The molecule has 2 saturated carbocycles. The maximum atomic E-state index is 13.6. The number of allylic oxidation sites excluding steroid dienone is 1. The lowest BCUT2D eigenvalue weighted by Gasteiger charge is -2.28. The lowest BCUT2D eigenvalue weighted by atomic mass is 10.0. The molecule has 1 aromatic heterocycles. The van der Waals surface area contributed by atoms with Crippen LogP contribution in [0.25, 0.3) is 10.8 Å². The van der Waals surface area contributed by atoms with Crippen LogP contribution in [-0.2, 0) is 24.3 Å². The maximum absolute atomic E-state index is 13.6. The van der Waals surface area contributed by atoms with Gasteiger partial charge in [0.25, 0.3) is 0 Å². The molecule has 3 fully saturated rings.